The molecule has 11 heteroatoms. The Kier molecular flexibility index (Phi) is 7.75. The summed E-state index contributed by atoms with van der Waals surface area (Å²) in [5, 5.41) is 2.57. The first-order chi connectivity index (χ1) is 17.5. The van der Waals surface area contributed by atoms with E-state index >= 15 is 0 Å². The number of anilines is 1. The van der Waals surface area contributed by atoms with Gasteiger partial charge in [-0.3, -0.25) is 9.78 Å². The van der Waals surface area contributed by atoms with Crippen molar-refractivity contribution in [2.75, 3.05) is 25.6 Å². The molecule has 1 amide bonds. The van der Waals surface area contributed by atoms with Gasteiger partial charge in [-0.05, 0) is 50.3 Å². The first-order valence-electron chi connectivity index (χ1n) is 12.1. The largest absolute Gasteiger partial charge is 0.493 e. The summed E-state index contributed by atoms with van der Waals surface area (Å²) in [6.45, 7) is 3.52. The summed E-state index contributed by atoms with van der Waals surface area (Å²) >= 11 is 0. The van der Waals surface area contributed by atoms with Crippen LogP contribution >= 0.6 is 0 Å². The van der Waals surface area contributed by atoms with Crippen LogP contribution in [0.5, 0.6) is 5.75 Å². The van der Waals surface area contributed by atoms with Crippen molar-refractivity contribution in [1.29, 1.82) is 0 Å². The molecule has 0 saturated carbocycles. The number of carbonyl (C=O) groups is 1. The van der Waals surface area contributed by atoms with E-state index in [0.717, 1.165) is 51.1 Å². The molecule has 0 aliphatic carbocycles. The second kappa shape index (κ2) is 10.5. The third-order valence-electron chi connectivity index (χ3n) is 7.50. The molecule has 4 atom stereocenters. The summed E-state index contributed by atoms with van der Waals surface area (Å²) in [7, 11) is 1.08. The lowest BCUT2D eigenvalue weighted by atomic mass is 9.77. The van der Waals surface area contributed by atoms with Crippen LogP contribution in [-0.4, -0.2) is 49.1 Å². The van der Waals surface area contributed by atoms with Gasteiger partial charge in [0.1, 0.15) is 6.10 Å². The predicted octanol–water partition coefficient (Wildman–Crippen LogP) is 5.42. The Morgan fingerprint density at radius 3 is 2.49 bits per heavy atom. The number of rotatable bonds is 6. The molecule has 2 aromatic rings. The van der Waals surface area contributed by atoms with Gasteiger partial charge in [0.2, 0.25) is 5.82 Å². The van der Waals surface area contributed by atoms with Gasteiger partial charge in [0, 0.05) is 36.3 Å². The molecule has 2 aliphatic rings. The van der Waals surface area contributed by atoms with Gasteiger partial charge in [-0.1, -0.05) is 13.0 Å². The Balaban J connectivity index is 1.60. The second-order valence-electron chi connectivity index (χ2n) is 9.73. The predicted molar refractivity (Wildman–Crippen MR) is 124 cm³/mol. The van der Waals surface area contributed by atoms with Crippen LogP contribution in [0, 0.1) is 23.5 Å². The lowest BCUT2D eigenvalue weighted by Gasteiger charge is -2.32. The number of aromatic nitrogens is 1. The van der Waals surface area contributed by atoms with Crippen LogP contribution in [0.15, 0.2) is 30.5 Å². The molecule has 2 saturated heterocycles. The third-order valence-corrected chi connectivity index (χ3v) is 7.50. The van der Waals surface area contributed by atoms with E-state index in [1.807, 2.05) is 0 Å². The van der Waals surface area contributed by atoms with Crippen LogP contribution in [0.2, 0.25) is 0 Å². The van der Waals surface area contributed by atoms with Gasteiger partial charge in [0.25, 0.3) is 5.91 Å². The van der Waals surface area contributed by atoms with E-state index in [4.69, 9.17) is 14.2 Å². The van der Waals surface area contributed by atoms with Crippen molar-refractivity contribution in [2.24, 2.45) is 11.8 Å². The quantitative estimate of drug-likeness (QED) is 0.508. The van der Waals surface area contributed by atoms with Crippen molar-refractivity contribution in [2.45, 2.75) is 56.9 Å². The van der Waals surface area contributed by atoms with E-state index in [2.05, 4.69) is 10.3 Å². The molecule has 1 N–H and O–H groups in total. The van der Waals surface area contributed by atoms with Crippen LogP contribution < -0.4 is 10.1 Å². The minimum Gasteiger partial charge on any atom is -0.493 e. The van der Waals surface area contributed by atoms with Gasteiger partial charge in [0.15, 0.2) is 17.2 Å². The van der Waals surface area contributed by atoms with Crippen molar-refractivity contribution >= 4 is 11.6 Å². The number of carbonyl (C=O) groups excluding carboxylic acids is 1. The van der Waals surface area contributed by atoms with Crippen molar-refractivity contribution in [1.82, 2.24) is 4.98 Å². The molecule has 0 radical (unpaired) electrons. The van der Waals surface area contributed by atoms with E-state index in [9.17, 15) is 26.7 Å². The Hall–Kier alpha value is -2.79. The zero-order valence-electron chi connectivity index (χ0n) is 20.7. The van der Waals surface area contributed by atoms with Gasteiger partial charge in [-0.15, -0.1) is 0 Å². The van der Waals surface area contributed by atoms with Gasteiger partial charge < -0.3 is 19.5 Å². The second-order valence-corrected chi connectivity index (χ2v) is 9.73. The molecule has 3 heterocycles. The van der Waals surface area contributed by atoms with Crippen LogP contribution in [0.4, 0.5) is 27.6 Å². The van der Waals surface area contributed by atoms with Crippen molar-refractivity contribution in [3.63, 3.8) is 0 Å². The molecule has 0 unspecified atom stereocenters. The number of pyridine rings is 1. The fourth-order valence-corrected chi connectivity index (χ4v) is 5.12. The summed E-state index contributed by atoms with van der Waals surface area (Å²) in [5.41, 5.74) is -1.72. The highest BCUT2D eigenvalue weighted by molar-refractivity contribution is 5.95. The number of ether oxygens (including phenoxy) is 3. The molecule has 37 heavy (non-hydrogen) atoms. The van der Waals surface area contributed by atoms with E-state index in [-0.39, 0.29) is 11.3 Å². The smallest absolute Gasteiger partial charge is 0.417 e. The molecule has 6 nitrogen and oxygen atoms in total. The standard InChI is InChI=1S/C26H29F5N2O4/c1-14-20(18-6-7-19(27)21(28)22(18)35-3)23(37-25(14,2)26(29,30)31)24(34)33-17-5-4-16(32-13-17)12-15-8-10-36-11-9-15/h4-7,13-15,20,23H,8-12H2,1-3H3,(H,33,34)/t14-,20-,23+,25+/m0/s1. The maximum Gasteiger partial charge on any atom is 0.417 e. The molecule has 4 rings (SSSR count). The van der Waals surface area contributed by atoms with Gasteiger partial charge in [-0.2, -0.15) is 17.6 Å². The third kappa shape index (κ3) is 5.29. The van der Waals surface area contributed by atoms with Crippen molar-refractivity contribution < 1.29 is 41.0 Å². The van der Waals surface area contributed by atoms with E-state index in [0.29, 0.717) is 19.1 Å². The first-order valence-corrected chi connectivity index (χ1v) is 12.1. The number of alkyl halides is 3. The average Bonchev–Trinajstić information content (AvgIpc) is 3.14. The highest BCUT2D eigenvalue weighted by Crippen LogP contribution is 2.55. The van der Waals surface area contributed by atoms with Crippen molar-refractivity contribution in [3.8, 4) is 5.75 Å². The number of nitrogens with zero attached hydrogens (tertiary/aromatic N) is 1. The topological polar surface area (TPSA) is 69.7 Å². The lowest BCUT2D eigenvalue weighted by molar-refractivity contribution is -0.272. The van der Waals surface area contributed by atoms with Crippen molar-refractivity contribution in [3.05, 3.63) is 53.4 Å². The summed E-state index contributed by atoms with van der Waals surface area (Å²) in [4.78, 5) is 17.6. The average molecular weight is 529 g/mol. The SMILES string of the molecule is COc1c([C@H]2[C@H](C(=O)Nc3ccc(CC4CCOCC4)nc3)O[C@@](C)(C(F)(F)F)[C@H]2C)ccc(F)c1F. The van der Waals surface area contributed by atoms with Gasteiger partial charge in [-0.25, -0.2) is 4.39 Å². The maximum atomic E-state index is 14.5. The van der Waals surface area contributed by atoms with Gasteiger partial charge >= 0.3 is 6.18 Å². The van der Waals surface area contributed by atoms with E-state index < -0.39 is 53.0 Å². The fraction of sp³-hybridized carbons (Fsp3) is 0.538. The van der Waals surface area contributed by atoms with E-state index in [1.165, 1.54) is 13.1 Å². The number of hydrogen-bond donors (Lipinski definition) is 1. The van der Waals surface area contributed by atoms with Crippen LogP contribution in [0.3, 0.4) is 0 Å². The highest BCUT2D eigenvalue weighted by atomic mass is 19.4. The summed E-state index contributed by atoms with van der Waals surface area (Å²) < 4.78 is 86.3. The van der Waals surface area contributed by atoms with Crippen LogP contribution in [-0.2, 0) is 20.7 Å². The highest BCUT2D eigenvalue weighted by Gasteiger charge is 2.65. The Labute approximate surface area is 211 Å². The lowest BCUT2D eigenvalue weighted by Crippen LogP contribution is -2.47. The van der Waals surface area contributed by atoms with E-state index in [1.54, 1.807) is 12.1 Å². The molecule has 1 aromatic carbocycles. The number of benzene rings is 1. The number of nitrogens with one attached hydrogen (secondary N) is 1. The summed E-state index contributed by atoms with van der Waals surface area (Å²) in [6.07, 6.45) is -2.45. The van der Waals surface area contributed by atoms with Gasteiger partial charge in [0.05, 0.1) is 19.0 Å². The maximum absolute atomic E-state index is 14.5. The molecule has 0 bridgehead atoms. The normalized spacial score (nSPS) is 26.8. The Bertz CT molecular complexity index is 1120. The van der Waals surface area contributed by atoms with Crippen LogP contribution in [0.25, 0.3) is 0 Å². The summed E-state index contributed by atoms with van der Waals surface area (Å²) in [5.74, 6) is -6.17. The molecular formula is C26H29F5N2O4. The number of methoxy groups -OCH3 is 1. The zero-order valence-corrected chi connectivity index (χ0v) is 20.7. The Morgan fingerprint density at radius 1 is 1.19 bits per heavy atom. The first kappa shape index (κ1) is 27.3. The minimum absolute atomic E-state index is 0.0908. The Morgan fingerprint density at radius 2 is 1.89 bits per heavy atom. The summed E-state index contributed by atoms with van der Waals surface area (Å²) in [6, 6.07) is 5.28. The molecule has 202 valence electrons. The zero-order chi connectivity index (χ0) is 27.0. The molecule has 2 fully saturated rings. The number of amides is 1. The van der Waals surface area contributed by atoms with Crippen LogP contribution in [0.1, 0.15) is 43.9 Å². The minimum atomic E-state index is -4.83. The molecule has 0 spiro atoms. The molecule has 2 aliphatic heterocycles. The molecule has 1 aromatic heterocycles. The molecular weight excluding hydrogens is 499 g/mol. The number of hydrogen-bond acceptors (Lipinski definition) is 5. The fourth-order valence-electron chi connectivity index (χ4n) is 5.12. The monoisotopic (exact) mass is 528 g/mol. The number of halogens is 5.